The first-order chi connectivity index (χ1) is 36.3. The Kier molecular flexibility index (Phi) is 26.0. The second kappa shape index (κ2) is 29.9. The van der Waals surface area contributed by atoms with E-state index in [0.717, 1.165) is 104 Å². The van der Waals surface area contributed by atoms with E-state index in [1.807, 2.05) is 67.5 Å². The lowest BCUT2D eigenvalue weighted by Gasteiger charge is -2.37. The number of hydrogen-bond donors (Lipinski definition) is 0. The average molecular weight is 1090 g/mol. The first-order valence-electron chi connectivity index (χ1n) is 29.7. The van der Waals surface area contributed by atoms with Crippen LogP contribution in [0, 0.1) is 103 Å². The molecule has 10 atom stereocenters. The molecule has 0 spiro atoms. The van der Waals surface area contributed by atoms with Crippen molar-refractivity contribution < 1.29 is 21.6 Å². The number of allylic oxidation sites excluding steroid dienone is 2. The Balaban J connectivity index is 0.000000265. The molecule has 0 aromatic heterocycles. The number of sulfone groups is 1. The van der Waals surface area contributed by atoms with E-state index in [-0.39, 0.29) is 11.1 Å². The van der Waals surface area contributed by atoms with Crippen molar-refractivity contribution in [1.82, 2.24) is 0 Å². The lowest BCUT2D eigenvalue weighted by molar-refractivity contribution is -0.173. The van der Waals surface area contributed by atoms with Crippen LogP contribution in [0.25, 0.3) is 0 Å². The number of benzene rings is 5. The van der Waals surface area contributed by atoms with Crippen molar-refractivity contribution in [3.8, 4) is 0 Å². The third-order valence-electron chi connectivity index (χ3n) is 19.3. The van der Waals surface area contributed by atoms with Crippen molar-refractivity contribution in [3.63, 3.8) is 0 Å². The molecule has 0 N–H and O–H groups in total. The van der Waals surface area contributed by atoms with Gasteiger partial charge in [0, 0.05) is 0 Å². The summed E-state index contributed by atoms with van der Waals surface area (Å²) >= 11 is 0. The van der Waals surface area contributed by atoms with Crippen LogP contribution in [0.4, 0.5) is 13.2 Å². The van der Waals surface area contributed by atoms with E-state index in [1.54, 1.807) is 77.4 Å². The molecule has 0 aliphatic heterocycles. The number of hydrogen-bond acceptors (Lipinski definition) is 2. The maximum atomic E-state index is 13.9. The molecule has 2 nitrogen and oxygen atoms in total. The summed E-state index contributed by atoms with van der Waals surface area (Å²) in [5.74, 6) is 8.39. The lowest BCUT2D eigenvalue weighted by atomic mass is 9.67. The van der Waals surface area contributed by atoms with E-state index in [1.165, 1.54) is 45.4 Å². The monoisotopic (exact) mass is 1090 g/mol. The number of halogens is 3. The van der Waals surface area contributed by atoms with Crippen LogP contribution in [0.3, 0.4) is 0 Å². The quantitative estimate of drug-likeness (QED) is 0.124. The van der Waals surface area contributed by atoms with Gasteiger partial charge in [-0.25, -0.2) is 8.42 Å². The molecule has 78 heavy (non-hydrogen) atoms. The molecule has 0 radical (unpaired) electrons. The Labute approximate surface area is 475 Å². The summed E-state index contributed by atoms with van der Waals surface area (Å²) in [6.07, 6.45) is 6.19. The van der Waals surface area contributed by atoms with Crippen molar-refractivity contribution in [2.45, 2.75) is 224 Å². The highest BCUT2D eigenvalue weighted by molar-refractivity contribution is 7.91. The number of aryl methyl sites for hydroxylation is 8. The van der Waals surface area contributed by atoms with Crippen LogP contribution >= 0.6 is 0 Å². The Morgan fingerprint density at radius 2 is 0.872 bits per heavy atom. The Hall–Kier alpha value is -4.42. The van der Waals surface area contributed by atoms with E-state index in [4.69, 9.17) is 0 Å². The topological polar surface area (TPSA) is 34.1 Å². The highest BCUT2D eigenvalue weighted by Gasteiger charge is 2.53. The molecule has 0 amide bonds. The average Bonchev–Trinajstić information content (AvgIpc) is 3.44. The first kappa shape index (κ1) is 67.9. The fraction of sp³-hybridized carbons (Fsp3) is 0.556. The molecule has 0 saturated carbocycles. The van der Waals surface area contributed by atoms with Gasteiger partial charge in [-0.15, -0.1) is 0 Å². The summed E-state index contributed by atoms with van der Waals surface area (Å²) in [5, 5.41) is 0. The zero-order valence-electron chi connectivity index (χ0n) is 52.7. The standard InChI is InChI=1S/C19H21F3.C16H18O2S.C16H24.C13H24.C8H18/c1-12-6-8-16(10-14(12)3)18(5,19(20,21)22)17-9-7-13(2)15(4)11-17;1-11-5-7-15(9-13(11)3)19(17,18)16-8-6-12(2)14(4)10-16;1-5-11(2)16-10-12(3)13(4)14-8-6-7-9-15(14)16;1-6-9(2)13-7-10(3)12(5)11(4)8-13;1-5-7(3)8(4)6-2/h6-11H,1-5H3;5-10H,1-4H3;6-9,11-13,16H,5,10H2,1-4H3;7,9,11-13H,6,8H2,1-5H3;7-8H,5-6H2,1-4H3. The highest BCUT2D eigenvalue weighted by Crippen LogP contribution is 2.48. The summed E-state index contributed by atoms with van der Waals surface area (Å²) in [6, 6.07) is 29.6. The molecule has 7 rings (SSSR count). The summed E-state index contributed by atoms with van der Waals surface area (Å²) in [6.45, 7) is 47.0. The summed E-state index contributed by atoms with van der Waals surface area (Å²) in [4.78, 5) is 0.720. The van der Waals surface area contributed by atoms with Gasteiger partial charge < -0.3 is 0 Å². The molecule has 2 aliphatic rings. The minimum absolute atomic E-state index is 0.284. The lowest BCUT2D eigenvalue weighted by Crippen LogP contribution is -2.40. The number of fused-ring (bicyclic) bond motifs is 1. The maximum Gasteiger partial charge on any atom is 0.402 e. The van der Waals surface area contributed by atoms with E-state index in [9.17, 15) is 21.6 Å². The van der Waals surface area contributed by atoms with E-state index in [2.05, 4.69) is 120 Å². The van der Waals surface area contributed by atoms with Crippen LogP contribution in [0.2, 0.25) is 0 Å². The summed E-state index contributed by atoms with van der Waals surface area (Å²) in [7, 11) is -3.42. The molecule has 6 heteroatoms. The number of alkyl halides is 3. The SMILES string of the molecule is CCC(C)C(C)CC.CCC(C)C1C=C(C)C(C)C(C)C1.CCC(C)C1CC(C)C(C)c2ccccc21.Cc1ccc(C(C)(c2ccc(C)c(C)c2)C(F)(F)F)cc1C.Cc1ccc(S(=O)(=O)c2ccc(C)c(C)c2)cc1C. The third kappa shape index (κ3) is 17.3. The predicted molar refractivity (Wildman–Crippen MR) is 331 cm³/mol. The molecule has 10 unspecified atom stereocenters. The van der Waals surface area contributed by atoms with E-state index < -0.39 is 21.4 Å². The highest BCUT2D eigenvalue weighted by atomic mass is 32.2. The van der Waals surface area contributed by atoms with Gasteiger partial charge in [0.2, 0.25) is 9.84 Å². The molecular weight excluding hydrogens is 986 g/mol. The normalized spacial score (nSPS) is 20.7. The van der Waals surface area contributed by atoms with Crippen molar-refractivity contribution >= 4 is 9.84 Å². The van der Waals surface area contributed by atoms with Gasteiger partial charge in [-0.1, -0.05) is 193 Å². The van der Waals surface area contributed by atoms with Gasteiger partial charge in [-0.3, -0.25) is 0 Å². The van der Waals surface area contributed by atoms with Crippen molar-refractivity contribution in [1.29, 1.82) is 0 Å². The third-order valence-corrected chi connectivity index (χ3v) is 21.1. The van der Waals surface area contributed by atoms with Gasteiger partial charge >= 0.3 is 6.18 Å². The zero-order chi connectivity index (χ0) is 59.2. The smallest absolute Gasteiger partial charge is 0.219 e. The van der Waals surface area contributed by atoms with Gasteiger partial charge in [-0.05, 0) is 232 Å². The van der Waals surface area contributed by atoms with Crippen LogP contribution in [0.5, 0.6) is 0 Å². The molecule has 5 aromatic carbocycles. The second-order valence-corrected chi connectivity index (χ2v) is 26.5. The van der Waals surface area contributed by atoms with Crippen molar-refractivity contribution in [3.05, 3.63) is 175 Å². The van der Waals surface area contributed by atoms with Gasteiger partial charge in [0.05, 0.1) is 9.79 Å². The molecular formula is C72H105F3O2S. The van der Waals surface area contributed by atoms with Crippen molar-refractivity contribution in [2.24, 2.45) is 47.3 Å². The maximum absolute atomic E-state index is 13.9. The fourth-order valence-electron chi connectivity index (χ4n) is 10.8. The summed E-state index contributed by atoms with van der Waals surface area (Å²) in [5.41, 5.74) is 11.3. The zero-order valence-corrected chi connectivity index (χ0v) is 53.5. The van der Waals surface area contributed by atoms with Crippen LogP contribution < -0.4 is 0 Å². The van der Waals surface area contributed by atoms with Gasteiger partial charge in [-0.2, -0.15) is 13.2 Å². The van der Waals surface area contributed by atoms with Gasteiger partial charge in [0.15, 0.2) is 0 Å². The van der Waals surface area contributed by atoms with Crippen LogP contribution in [-0.2, 0) is 15.3 Å². The second-order valence-electron chi connectivity index (χ2n) is 24.6. The largest absolute Gasteiger partial charge is 0.402 e. The number of rotatable bonds is 11. The minimum atomic E-state index is -4.36. The molecule has 432 valence electrons. The van der Waals surface area contributed by atoms with E-state index >= 15 is 0 Å². The molecule has 0 saturated heterocycles. The molecule has 2 aliphatic carbocycles. The Bertz CT molecular complexity index is 2700. The Morgan fingerprint density at radius 1 is 0.487 bits per heavy atom. The van der Waals surface area contributed by atoms with Crippen LogP contribution in [0.15, 0.2) is 119 Å². The van der Waals surface area contributed by atoms with Crippen molar-refractivity contribution in [2.75, 3.05) is 0 Å². The summed E-state index contributed by atoms with van der Waals surface area (Å²) < 4.78 is 66.9. The predicted octanol–water partition coefficient (Wildman–Crippen LogP) is 21.9. The molecule has 0 bridgehead atoms. The van der Waals surface area contributed by atoms with Crippen LogP contribution in [0.1, 0.15) is 214 Å². The minimum Gasteiger partial charge on any atom is -0.219 e. The van der Waals surface area contributed by atoms with Gasteiger partial charge in [0.25, 0.3) is 0 Å². The Morgan fingerprint density at radius 3 is 1.23 bits per heavy atom. The molecule has 0 fully saturated rings. The first-order valence-corrected chi connectivity index (χ1v) is 31.2. The molecule has 5 aromatic rings. The fourth-order valence-corrected chi connectivity index (χ4v) is 12.2. The van der Waals surface area contributed by atoms with Crippen LogP contribution in [-0.4, -0.2) is 14.6 Å². The van der Waals surface area contributed by atoms with Gasteiger partial charge in [0.1, 0.15) is 5.41 Å². The molecule has 0 heterocycles. The van der Waals surface area contributed by atoms with E-state index in [0.29, 0.717) is 9.79 Å².